The maximum absolute atomic E-state index is 3.89. The van der Waals surface area contributed by atoms with Crippen LogP contribution in [0.25, 0.3) is 0 Å². The van der Waals surface area contributed by atoms with Crippen molar-refractivity contribution >= 4 is 0 Å². The third-order valence-electron chi connectivity index (χ3n) is 4.49. The van der Waals surface area contributed by atoms with E-state index < -0.39 is 0 Å². The van der Waals surface area contributed by atoms with Gasteiger partial charge in [0.05, 0.1) is 0 Å². The molecule has 1 heterocycles. The first-order valence-electron chi connectivity index (χ1n) is 6.80. The van der Waals surface area contributed by atoms with Crippen LogP contribution in [0.5, 0.6) is 0 Å². The summed E-state index contributed by atoms with van der Waals surface area (Å²) in [6.07, 6.45) is 6.25. The molecule has 0 spiro atoms. The zero-order valence-corrected chi connectivity index (χ0v) is 10.4. The van der Waals surface area contributed by atoms with Crippen molar-refractivity contribution in [1.82, 2.24) is 4.90 Å². The number of fused-ring (bicyclic) bond motifs is 1. The van der Waals surface area contributed by atoms with E-state index in [1.54, 1.807) is 0 Å². The van der Waals surface area contributed by atoms with Crippen LogP contribution in [0.2, 0.25) is 0 Å². The first kappa shape index (κ1) is 11.0. The standard InChI is InChI=1S/C16H21N/c1-2-10-17-11-6-9-14-12-15(16(14)17)13-7-4-3-5-8-13/h2-5,7-8,14-16H,1,6,9-12H2/t14-,15-,16-/m0/s1. The van der Waals surface area contributed by atoms with Gasteiger partial charge in [-0.2, -0.15) is 0 Å². The Morgan fingerprint density at radius 3 is 2.88 bits per heavy atom. The van der Waals surface area contributed by atoms with E-state index in [0.29, 0.717) is 0 Å². The minimum atomic E-state index is 0.765. The van der Waals surface area contributed by atoms with Gasteiger partial charge in [-0.25, -0.2) is 0 Å². The van der Waals surface area contributed by atoms with Crippen LogP contribution in [-0.4, -0.2) is 24.0 Å². The summed E-state index contributed by atoms with van der Waals surface area (Å²) in [6, 6.07) is 11.8. The van der Waals surface area contributed by atoms with Gasteiger partial charge in [0.15, 0.2) is 0 Å². The smallest absolute Gasteiger partial charge is 0.0196 e. The molecular formula is C16H21N. The number of piperidine rings is 1. The fraction of sp³-hybridized carbons (Fsp3) is 0.500. The van der Waals surface area contributed by atoms with Gasteiger partial charge in [-0.3, -0.25) is 4.90 Å². The predicted octanol–water partition coefficient (Wildman–Crippen LogP) is 3.44. The van der Waals surface area contributed by atoms with Crippen LogP contribution in [0.15, 0.2) is 43.0 Å². The lowest BCUT2D eigenvalue weighted by Gasteiger charge is -2.54. The Balaban J connectivity index is 1.78. The van der Waals surface area contributed by atoms with Crippen LogP contribution in [0.4, 0.5) is 0 Å². The summed E-state index contributed by atoms with van der Waals surface area (Å²) in [5.41, 5.74) is 1.53. The molecule has 17 heavy (non-hydrogen) atoms. The average Bonchev–Trinajstić information content (AvgIpc) is 2.33. The molecule has 0 aromatic heterocycles. The molecule has 1 saturated heterocycles. The Kier molecular flexibility index (Phi) is 3.02. The molecule has 1 heteroatoms. The Morgan fingerprint density at radius 1 is 1.29 bits per heavy atom. The average molecular weight is 227 g/mol. The molecule has 1 aliphatic heterocycles. The van der Waals surface area contributed by atoms with Crippen LogP contribution in [-0.2, 0) is 0 Å². The minimum Gasteiger partial charge on any atom is -0.296 e. The van der Waals surface area contributed by atoms with Crippen molar-refractivity contribution in [3.05, 3.63) is 48.6 Å². The third-order valence-corrected chi connectivity index (χ3v) is 4.49. The second kappa shape index (κ2) is 4.66. The quantitative estimate of drug-likeness (QED) is 0.715. The van der Waals surface area contributed by atoms with E-state index in [-0.39, 0.29) is 0 Å². The Labute approximate surface area is 104 Å². The Hall–Kier alpha value is -1.08. The number of rotatable bonds is 3. The fourth-order valence-electron chi connectivity index (χ4n) is 3.70. The zero-order chi connectivity index (χ0) is 11.7. The van der Waals surface area contributed by atoms with Crippen molar-refractivity contribution in [2.75, 3.05) is 13.1 Å². The van der Waals surface area contributed by atoms with E-state index in [4.69, 9.17) is 0 Å². The van der Waals surface area contributed by atoms with Gasteiger partial charge < -0.3 is 0 Å². The molecule has 1 aliphatic carbocycles. The van der Waals surface area contributed by atoms with Crippen LogP contribution < -0.4 is 0 Å². The van der Waals surface area contributed by atoms with Crippen molar-refractivity contribution in [3.8, 4) is 0 Å². The summed E-state index contributed by atoms with van der Waals surface area (Å²) < 4.78 is 0. The monoisotopic (exact) mass is 227 g/mol. The highest BCUT2D eigenvalue weighted by Gasteiger charge is 2.46. The van der Waals surface area contributed by atoms with Gasteiger partial charge >= 0.3 is 0 Å². The molecule has 1 nitrogen and oxygen atoms in total. The lowest BCUT2D eigenvalue weighted by Crippen LogP contribution is -2.55. The van der Waals surface area contributed by atoms with Crippen molar-refractivity contribution in [2.24, 2.45) is 5.92 Å². The van der Waals surface area contributed by atoms with Gasteiger partial charge in [-0.05, 0) is 37.3 Å². The number of hydrogen-bond donors (Lipinski definition) is 0. The highest BCUT2D eigenvalue weighted by atomic mass is 15.2. The number of benzene rings is 1. The second-order valence-electron chi connectivity index (χ2n) is 5.43. The maximum Gasteiger partial charge on any atom is 0.0196 e. The molecule has 1 aromatic rings. The van der Waals surface area contributed by atoms with Gasteiger partial charge in [-0.15, -0.1) is 6.58 Å². The van der Waals surface area contributed by atoms with Crippen molar-refractivity contribution < 1.29 is 0 Å². The van der Waals surface area contributed by atoms with Gasteiger partial charge in [0.25, 0.3) is 0 Å². The molecule has 2 fully saturated rings. The first-order chi connectivity index (χ1) is 8.40. The highest BCUT2D eigenvalue weighted by molar-refractivity contribution is 5.26. The van der Waals surface area contributed by atoms with Crippen molar-refractivity contribution in [2.45, 2.75) is 31.2 Å². The molecule has 0 N–H and O–H groups in total. The number of likely N-dealkylation sites (tertiary alicyclic amines) is 1. The summed E-state index contributed by atoms with van der Waals surface area (Å²) in [5.74, 6) is 1.70. The maximum atomic E-state index is 3.89. The summed E-state index contributed by atoms with van der Waals surface area (Å²) in [7, 11) is 0. The van der Waals surface area contributed by atoms with E-state index in [0.717, 1.165) is 24.4 Å². The van der Waals surface area contributed by atoms with E-state index in [1.165, 1.54) is 31.4 Å². The number of nitrogens with zero attached hydrogens (tertiary/aromatic N) is 1. The molecule has 0 radical (unpaired) electrons. The lowest BCUT2D eigenvalue weighted by molar-refractivity contribution is 0.00568. The molecule has 3 atom stereocenters. The molecule has 0 amide bonds. The van der Waals surface area contributed by atoms with Gasteiger partial charge in [0, 0.05) is 18.5 Å². The largest absolute Gasteiger partial charge is 0.296 e. The molecule has 1 aromatic carbocycles. The van der Waals surface area contributed by atoms with Crippen molar-refractivity contribution in [3.63, 3.8) is 0 Å². The van der Waals surface area contributed by atoms with Crippen LogP contribution in [0.3, 0.4) is 0 Å². The molecule has 0 bridgehead atoms. The predicted molar refractivity (Wildman–Crippen MR) is 72.1 cm³/mol. The molecular weight excluding hydrogens is 206 g/mol. The molecule has 2 aliphatic rings. The topological polar surface area (TPSA) is 3.24 Å². The molecule has 1 saturated carbocycles. The van der Waals surface area contributed by atoms with E-state index >= 15 is 0 Å². The third kappa shape index (κ3) is 1.93. The lowest BCUT2D eigenvalue weighted by atomic mass is 9.63. The SMILES string of the molecule is C=CCN1CCC[C@H]2C[C@@H](c3ccccc3)[C@H]21. The summed E-state index contributed by atoms with van der Waals surface area (Å²) in [5, 5.41) is 0. The van der Waals surface area contributed by atoms with Crippen LogP contribution >= 0.6 is 0 Å². The normalized spacial score (nSPS) is 32.6. The highest BCUT2D eigenvalue weighted by Crippen LogP contribution is 2.49. The van der Waals surface area contributed by atoms with E-state index in [9.17, 15) is 0 Å². The second-order valence-corrected chi connectivity index (χ2v) is 5.43. The minimum absolute atomic E-state index is 0.765. The Morgan fingerprint density at radius 2 is 2.12 bits per heavy atom. The van der Waals surface area contributed by atoms with Crippen LogP contribution in [0, 0.1) is 5.92 Å². The fourth-order valence-corrected chi connectivity index (χ4v) is 3.70. The molecule has 90 valence electrons. The van der Waals surface area contributed by atoms with Gasteiger partial charge in [0.1, 0.15) is 0 Å². The molecule has 3 rings (SSSR count). The van der Waals surface area contributed by atoms with Gasteiger partial charge in [-0.1, -0.05) is 36.4 Å². The van der Waals surface area contributed by atoms with Gasteiger partial charge in [0.2, 0.25) is 0 Å². The molecule has 0 unspecified atom stereocenters. The van der Waals surface area contributed by atoms with Crippen molar-refractivity contribution in [1.29, 1.82) is 0 Å². The summed E-state index contributed by atoms with van der Waals surface area (Å²) in [6.45, 7) is 6.21. The van der Waals surface area contributed by atoms with E-state index in [1.807, 2.05) is 0 Å². The summed E-state index contributed by atoms with van der Waals surface area (Å²) in [4.78, 5) is 2.64. The van der Waals surface area contributed by atoms with E-state index in [2.05, 4.69) is 47.9 Å². The van der Waals surface area contributed by atoms with Crippen LogP contribution in [0.1, 0.15) is 30.7 Å². The number of hydrogen-bond acceptors (Lipinski definition) is 1. The summed E-state index contributed by atoms with van der Waals surface area (Å²) >= 11 is 0. The zero-order valence-electron chi connectivity index (χ0n) is 10.4. The first-order valence-corrected chi connectivity index (χ1v) is 6.80. The Bertz CT molecular complexity index is 384.